The molecule has 0 radical (unpaired) electrons. The molecule has 0 aliphatic rings. The van der Waals surface area contributed by atoms with Gasteiger partial charge in [0.05, 0.1) is 22.5 Å². The third-order valence-corrected chi connectivity index (χ3v) is 2.59. The van der Waals surface area contributed by atoms with E-state index in [2.05, 4.69) is 5.32 Å². The lowest BCUT2D eigenvalue weighted by atomic mass is 10.1. The maximum atomic E-state index is 11.3. The first-order chi connectivity index (χ1) is 8.37. The normalized spacial score (nSPS) is 11.3. The lowest BCUT2D eigenvalue weighted by Gasteiger charge is -2.26. The number of nitrogens with one attached hydrogen (secondary N) is 1. The number of amides is 1. The summed E-state index contributed by atoms with van der Waals surface area (Å²) in [4.78, 5) is 11.3. The van der Waals surface area contributed by atoms with Crippen molar-refractivity contribution in [2.75, 3.05) is 24.2 Å². The highest BCUT2D eigenvalue weighted by molar-refractivity contribution is 6.01. The molecule has 5 nitrogen and oxygen atoms in total. The Bertz CT molecular complexity index is 430. The van der Waals surface area contributed by atoms with Gasteiger partial charge in [0.15, 0.2) is 0 Å². The number of hydrogen-bond acceptors (Lipinski definition) is 4. The first kappa shape index (κ1) is 14.3. The van der Waals surface area contributed by atoms with Crippen molar-refractivity contribution >= 4 is 17.3 Å². The summed E-state index contributed by atoms with van der Waals surface area (Å²) < 4.78 is 5.57. The molecule has 0 atom stereocenters. The molecule has 0 saturated carbocycles. The fraction of sp³-hybridized carbons (Fsp3) is 0.462. The van der Waals surface area contributed by atoms with Gasteiger partial charge in [-0.2, -0.15) is 0 Å². The van der Waals surface area contributed by atoms with E-state index in [-0.39, 0.29) is 5.60 Å². The molecular weight excluding hydrogens is 230 g/mol. The minimum absolute atomic E-state index is 0.341. The van der Waals surface area contributed by atoms with Crippen LogP contribution in [0, 0.1) is 0 Å². The summed E-state index contributed by atoms with van der Waals surface area (Å²) in [6.45, 7) is 7.03. The lowest BCUT2D eigenvalue weighted by molar-refractivity contribution is 0.000691. The first-order valence-corrected chi connectivity index (χ1v) is 5.93. The molecule has 5 N–H and O–H groups in total. The SMILES string of the molecule is CCOC(C)(C)CNc1c(N)cccc1C(N)=O. The van der Waals surface area contributed by atoms with Crippen LogP contribution in [0.3, 0.4) is 0 Å². The van der Waals surface area contributed by atoms with Crippen LogP contribution in [0.1, 0.15) is 31.1 Å². The van der Waals surface area contributed by atoms with Crippen molar-refractivity contribution in [3.8, 4) is 0 Å². The van der Waals surface area contributed by atoms with Gasteiger partial charge < -0.3 is 21.5 Å². The number of benzene rings is 1. The molecule has 1 amide bonds. The number of para-hydroxylation sites is 1. The van der Waals surface area contributed by atoms with E-state index in [1.54, 1.807) is 18.2 Å². The van der Waals surface area contributed by atoms with Gasteiger partial charge in [-0.15, -0.1) is 0 Å². The number of ether oxygens (including phenoxy) is 1. The van der Waals surface area contributed by atoms with Crippen LogP contribution >= 0.6 is 0 Å². The number of nitrogens with two attached hydrogens (primary N) is 2. The van der Waals surface area contributed by atoms with E-state index in [4.69, 9.17) is 16.2 Å². The van der Waals surface area contributed by atoms with Crippen LogP contribution in [0.2, 0.25) is 0 Å². The Morgan fingerprint density at radius 2 is 2.11 bits per heavy atom. The maximum Gasteiger partial charge on any atom is 0.250 e. The van der Waals surface area contributed by atoms with Crippen LogP contribution in [0.5, 0.6) is 0 Å². The Hall–Kier alpha value is -1.75. The van der Waals surface area contributed by atoms with Crippen molar-refractivity contribution < 1.29 is 9.53 Å². The maximum absolute atomic E-state index is 11.3. The van der Waals surface area contributed by atoms with E-state index >= 15 is 0 Å². The van der Waals surface area contributed by atoms with Gasteiger partial charge >= 0.3 is 0 Å². The molecule has 1 aromatic rings. The predicted octanol–water partition coefficient (Wildman–Crippen LogP) is 1.59. The molecular formula is C13H21N3O2. The highest BCUT2D eigenvalue weighted by Crippen LogP contribution is 2.24. The Labute approximate surface area is 107 Å². The third kappa shape index (κ3) is 3.63. The molecule has 5 heteroatoms. The second-order valence-corrected chi connectivity index (χ2v) is 4.68. The van der Waals surface area contributed by atoms with Crippen molar-refractivity contribution in [3.63, 3.8) is 0 Å². The van der Waals surface area contributed by atoms with Gasteiger partial charge in [-0.25, -0.2) is 0 Å². The number of carbonyl (C=O) groups is 1. The van der Waals surface area contributed by atoms with E-state index in [1.807, 2.05) is 20.8 Å². The van der Waals surface area contributed by atoms with Gasteiger partial charge in [0.1, 0.15) is 0 Å². The van der Waals surface area contributed by atoms with E-state index in [1.165, 1.54) is 0 Å². The molecule has 1 aromatic carbocycles. The Morgan fingerprint density at radius 1 is 1.44 bits per heavy atom. The zero-order valence-corrected chi connectivity index (χ0v) is 11.1. The van der Waals surface area contributed by atoms with Crippen LogP contribution in [0.25, 0.3) is 0 Å². The van der Waals surface area contributed by atoms with E-state index in [0.29, 0.717) is 30.1 Å². The van der Waals surface area contributed by atoms with Gasteiger partial charge in [-0.05, 0) is 32.9 Å². The predicted molar refractivity (Wildman–Crippen MR) is 73.6 cm³/mol. The fourth-order valence-electron chi connectivity index (χ4n) is 1.72. The van der Waals surface area contributed by atoms with Crippen molar-refractivity contribution in [2.24, 2.45) is 5.73 Å². The summed E-state index contributed by atoms with van der Waals surface area (Å²) >= 11 is 0. The Balaban J connectivity index is 2.87. The van der Waals surface area contributed by atoms with E-state index in [9.17, 15) is 4.79 Å². The van der Waals surface area contributed by atoms with Gasteiger partial charge in [0.25, 0.3) is 5.91 Å². The average molecular weight is 251 g/mol. The second kappa shape index (κ2) is 5.73. The van der Waals surface area contributed by atoms with Gasteiger partial charge in [0, 0.05) is 13.2 Å². The monoisotopic (exact) mass is 251 g/mol. The molecule has 0 unspecified atom stereocenters. The quantitative estimate of drug-likeness (QED) is 0.670. The number of nitrogen functional groups attached to an aromatic ring is 1. The Morgan fingerprint density at radius 3 is 2.67 bits per heavy atom. The van der Waals surface area contributed by atoms with Gasteiger partial charge in [-0.3, -0.25) is 4.79 Å². The van der Waals surface area contributed by atoms with Crippen LogP contribution in [-0.2, 0) is 4.74 Å². The molecule has 100 valence electrons. The summed E-state index contributed by atoms with van der Waals surface area (Å²) in [6.07, 6.45) is 0. The summed E-state index contributed by atoms with van der Waals surface area (Å²) in [5.41, 5.74) is 12.3. The topological polar surface area (TPSA) is 90.4 Å². The summed E-state index contributed by atoms with van der Waals surface area (Å²) in [5.74, 6) is -0.501. The zero-order chi connectivity index (χ0) is 13.8. The zero-order valence-electron chi connectivity index (χ0n) is 11.1. The largest absolute Gasteiger partial charge is 0.397 e. The van der Waals surface area contributed by atoms with Crippen LogP contribution < -0.4 is 16.8 Å². The smallest absolute Gasteiger partial charge is 0.250 e. The number of hydrogen-bond donors (Lipinski definition) is 3. The summed E-state index contributed by atoms with van der Waals surface area (Å²) in [6, 6.07) is 5.07. The van der Waals surface area contributed by atoms with Crippen molar-refractivity contribution in [1.82, 2.24) is 0 Å². The number of rotatable bonds is 6. The standard InChI is InChI=1S/C13H21N3O2/c1-4-18-13(2,3)8-16-11-9(12(15)17)6-5-7-10(11)14/h5-7,16H,4,8,14H2,1-3H3,(H2,15,17). The molecule has 0 spiro atoms. The molecule has 0 aliphatic heterocycles. The minimum atomic E-state index is -0.501. The highest BCUT2D eigenvalue weighted by Gasteiger charge is 2.19. The molecule has 0 saturated heterocycles. The third-order valence-electron chi connectivity index (χ3n) is 2.59. The molecule has 0 fully saturated rings. The average Bonchev–Trinajstić information content (AvgIpc) is 2.26. The van der Waals surface area contributed by atoms with Crippen molar-refractivity contribution in [2.45, 2.75) is 26.4 Å². The van der Waals surface area contributed by atoms with Crippen molar-refractivity contribution in [1.29, 1.82) is 0 Å². The lowest BCUT2D eigenvalue weighted by Crippen LogP contribution is -2.34. The molecule has 0 aliphatic carbocycles. The highest BCUT2D eigenvalue weighted by atomic mass is 16.5. The Kier molecular flexibility index (Phi) is 4.55. The van der Waals surface area contributed by atoms with E-state index < -0.39 is 5.91 Å². The number of carbonyl (C=O) groups excluding carboxylic acids is 1. The molecule has 18 heavy (non-hydrogen) atoms. The molecule has 1 rings (SSSR count). The van der Waals surface area contributed by atoms with Crippen molar-refractivity contribution in [3.05, 3.63) is 23.8 Å². The van der Waals surface area contributed by atoms with Crippen LogP contribution in [0.15, 0.2) is 18.2 Å². The van der Waals surface area contributed by atoms with Gasteiger partial charge in [0.2, 0.25) is 0 Å². The number of anilines is 2. The van der Waals surface area contributed by atoms with Gasteiger partial charge in [-0.1, -0.05) is 6.07 Å². The summed E-state index contributed by atoms with van der Waals surface area (Å²) in [7, 11) is 0. The van der Waals surface area contributed by atoms with Crippen LogP contribution in [-0.4, -0.2) is 24.7 Å². The van der Waals surface area contributed by atoms with E-state index in [0.717, 1.165) is 0 Å². The fourth-order valence-corrected chi connectivity index (χ4v) is 1.72. The first-order valence-electron chi connectivity index (χ1n) is 5.93. The van der Waals surface area contributed by atoms with Crippen LogP contribution in [0.4, 0.5) is 11.4 Å². The number of primary amides is 1. The minimum Gasteiger partial charge on any atom is -0.397 e. The second-order valence-electron chi connectivity index (χ2n) is 4.68. The molecule has 0 bridgehead atoms. The summed E-state index contributed by atoms with van der Waals surface area (Å²) in [5, 5.41) is 3.14. The molecule has 0 heterocycles. The molecule has 0 aromatic heterocycles.